The highest BCUT2D eigenvalue weighted by Gasteiger charge is 2.41. The zero-order valence-corrected chi connectivity index (χ0v) is 20.4. The number of piperidine rings is 2. The summed E-state index contributed by atoms with van der Waals surface area (Å²) in [5.41, 5.74) is -0.392. The average molecular weight is 491 g/mol. The fourth-order valence-corrected chi connectivity index (χ4v) is 6.23. The molecule has 2 saturated heterocycles. The molecule has 0 bridgehead atoms. The second-order valence-corrected chi connectivity index (χ2v) is 11.5. The Morgan fingerprint density at radius 3 is 2.18 bits per heavy atom. The summed E-state index contributed by atoms with van der Waals surface area (Å²) in [6.07, 6.45) is 4.80. The number of likely N-dealkylation sites (tertiary alicyclic amines) is 1. The molecule has 0 unspecified atom stereocenters. The van der Waals surface area contributed by atoms with Crippen molar-refractivity contribution in [2.24, 2.45) is 5.41 Å². The molecule has 2 heterocycles. The number of ether oxygens (including phenoxy) is 1. The predicted molar refractivity (Wildman–Crippen MR) is 129 cm³/mol. The summed E-state index contributed by atoms with van der Waals surface area (Å²) < 4.78 is 33.9. The van der Waals surface area contributed by atoms with Crippen molar-refractivity contribution < 1.29 is 17.9 Å². The monoisotopic (exact) mass is 490 g/mol. The number of amides is 1. The smallest absolute Gasteiger partial charge is 0.243 e. The molecule has 0 spiro atoms. The Labute approximate surface area is 201 Å². The summed E-state index contributed by atoms with van der Waals surface area (Å²) in [5.74, 6) is 0.916. The van der Waals surface area contributed by atoms with Crippen molar-refractivity contribution in [1.82, 2.24) is 9.21 Å². The van der Waals surface area contributed by atoms with Gasteiger partial charge in [-0.25, -0.2) is 8.42 Å². The lowest BCUT2D eigenvalue weighted by Gasteiger charge is -2.42. The van der Waals surface area contributed by atoms with Crippen molar-refractivity contribution in [3.05, 3.63) is 59.6 Å². The van der Waals surface area contributed by atoms with Crippen LogP contribution in [0.1, 0.15) is 38.5 Å². The number of carbonyl (C=O) groups is 1. The van der Waals surface area contributed by atoms with Crippen LogP contribution in [0.5, 0.6) is 5.75 Å². The van der Waals surface area contributed by atoms with Crippen LogP contribution >= 0.6 is 11.6 Å². The minimum atomic E-state index is -3.61. The van der Waals surface area contributed by atoms with Crippen LogP contribution in [-0.4, -0.2) is 56.3 Å². The van der Waals surface area contributed by atoms with Crippen molar-refractivity contribution >= 4 is 27.5 Å². The summed E-state index contributed by atoms with van der Waals surface area (Å²) in [7, 11) is -3.61. The van der Waals surface area contributed by atoms with Crippen molar-refractivity contribution in [1.29, 1.82) is 0 Å². The number of halogens is 1. The van der Waals surface area contributed by atoms with Crippen LogP contribution in [0.15, 0.2) is 59.5 Å². The standard InChI is InChI=1S/C25H31ClN2O4S/c26-21-9-11-23(12-10-21)33(30,31)28-17-13-25(14-18-28,20-32-22-7-3-1-4-8-22)19-24(29)27-15-5-2-6-16-27/h1,3-4,7-12H,2,5-6,13-20H2. The Kier molecular flexibility index (Phi) is 7.62. The largest absolute Gasteiger partial charge is 0.493 e. The third kappa shape index (κ3) is 5.89. The molecule has 2 aliphatic rings. The molecule has 0 N–H and O–H groups in total. The Balaban J connectivity index is 1.48. The molecule has 0 atom stereocenters. The normalized spacial score (nSPS) is 19.2. The summed E-state index contributed by atoms with van der Waals surface area (Å²) in [5, 5.41) is 0.501. The maximum atomic E-state index is 13.1. The van der Waals surface area contributed by atoms with Gasteiger partial charge in [0.1, 0.15) is 5.75 Å². The lowest BCUT2D eigenvalue weighted by atomic mass is 9.76. The van der Waals surface area contributed by atoms with E-state index in [-0.39, 0.29) is 10.8 Å². The Morgan fingerprint density at radius 2 is 1.55 bits per heavy atom. The van der Waals surface area contributed by atoms with Crippen molar-refractivity contribution in [3.8, 4) is 5.75 Å². The van der Waals surface area contributed by atoms with E-state index in [4.69, 9.17) is 16.3 Å². The Bertz CT molecular complexity index is 1030. The number of nitrogens with zero attached hydrogens (tertiary/aromatic N) is 2. The lowest BCUT2D eigenvalue weighted by Crippen LogP contribution is -2.48. The van der Waals surface area contributed by atoms with Gasteiger partial charge in [0, 0.05) is 43.0 Å². The second kappa shape index (κ2) is 10.5. The van der Waals surface area contributed by atoms with Crippen LogP contribution in [0, 0.1) is 5.41 Å². The molecule has 178 valence electrons. The number of benzene rings is 2. The quantitative estimate of drug-likeness (QED) is 0.569. The van der Waals surface area contributed by atoms with E-state index < -0.39 is 15.4 Å². The minimum Gasteiger partial charge on any atom is -0.493 e. The molecular weight excluding hydrogens is 460 g/mol. The van der Waals surface area contributed by atoms with Crippen LogP contribution in [0.25, 0.3) is 0 Å². The molecule has 8 heteroatoms. The van der Waals surface area contributed by atoms with Crippen LogP contribution in [-0.2, 0) is 14.8 Å². The highest BCUT2D eigenvalue weighted by Crippen LogP contribution is 2.38. The first-order chi connectivity index (χ1) is 15.9. The van der Waals surface area contributed by atoms with Gasteiger partial charge in [-0.2, -0.15) is 4.31 Å². The van der Waals surface area contributed by atoms with Crippen LogP contribution < -0.4 is 4.74 Å². The molecule has 2 aromatic carbocycles. The van der Waals surface area contributed by atoms with E-state index >= 15 is 0 Å². The number of sulfonamides is 1. The third-order valence-electron chi connectivity index (χ3n) is 6.76. The van der Waals surface area contributed by atoms with E-state index in [2.05, 4.69) is 0 Å². The number of carbonyl (C=O) groups excluding carboxylic acids is 1. The van der Waals surface area contributed by atoms with E-state index in [0.717, 1.165) is 31.7 Å². The van der Waals surface area contributed by atoms with E-state index in [1.807, 2.05) is 35.2 Å². The molecule has 1 amide bonds. The van der Waals surface area contributed by atoms with Crippen molar-refractivity contribution in [2.75, 3.05) is 32.8 Å². The van der Waals surface area contributed by atoms with E-state index in [9.17, 15) is 13.2 Å². The molecule has 0 aromatic heterocycles. The molecule has 0 aliphatic carbocycles. The van der Waals surface area contributed by atoms with Crippen molar-refractivity contribution in [3.63, 3.8) is 0 Å². The minimum absolute atomic E-state index is 0.153. The van der Waals surface area contributed by atoms with Gasteiger partial charge in [-0.05, 0) is 68.5 Å². The van der Waals surface area contributed by atoms with Crippen LogP contribution in [0.2, 0.25) is 5.02 Å². The van der Waals surface area contributed by atoms with Gasteiger partial charge in [-0.1, -0.05) is 29.8 Å². The molecule has 2 aliphatic heterocycles. The molecule has 0 radical (unpaired) electrons. The number of hydrogen-bond acceptors (Lipinski definition) is 4. The fourth-order valence-electron chi connectivity index (χ4n) is 4.66. The summed E-state index contributed by atoms with van der Waals surface area (Å²) in [4.78, 5) is 15.3. The van der Waals surface area contributed by atoms with Crippen molar-refractivity contribution in [2.45, 2.75) is 43.4 Å². The SMILES string of the molecule is O=C(CC1(COc2ccccc2)CCN(S(=O)(=O)c2ccc(Cl)cc2)CC1)N1CCCCC1. The van der Waals surface area contributed by atoms with Gasteiger partial charge < -0.3 is 9.64 Å². The first-order valence-electron chi connectivity index (χ1n) is 11.6. The molecular formula is C25H31ClN2O4S. The molecule has 33 heavy (non-hydrogen) atoms. The fraction of sp³-hybridized carbons (Fsp3) is 0.480. The number of para-hydroxylation sites is 1. The predicted octanol–water partition coefficient (Wildman–Crippen LogP) is 4.59. The van der Waals surface area contributed by atoms with Gasteiger partial charge in [0.25, 0.3) is 0 Å². The summed E-state index contributed by atoms with van der Waals surface area (Å²) in [6.45, 7) is 2.73. The van der Waals surface area contributed by atoms with Gasteiger partial charge in [-0.3, -0.25) is 4.79 Å². The molecule has 0 saturated carbocycles. The van der Waals surface area contributed by atoms with Gasteiger partial charge in [-0.15, -0.1) is 0 Å². The maximum Gasteiger partial charge on any atom is 0.243 e. The summed E-state index contributed by atoms with van der Waals surface area (Å²) >= 11 is 5.92. The highest BCUT2D eigenvalue weighted by molar-refractivity contribution is 7.89. The first-order valence-corrected chi connectivity index (χ1v) is 13.4. The van der Waals surface area contributed by atoms with Crippen LogP contribution in [0.4, 0.5) is 0 Å². The van der Waals surface area contributed by atoms with Gasteiger partial charge in [0.2, 0.25) is 15.9 Å². The first kappa shape index (κ1) is 24.0. The zero-order valence-electron chi connectivity index (χ0n) is 18.8. The van der Waals surface area contributed by atoms with E-state index in [1.165, 1.54) is 22.9 Å². The van der Waals surface area contributed by atoms with E-state index in [0.29, 0.717) is 44.0 Å². The highest BCUT2D eigenvalue weighted by atomic mass is 35.5. The number of rotatable bonds is 7. The molecule has 4 rings (SSSR count). The zero-order chi connectivity index (χ0) is 23.3. The second-order valence-electron chi connectivity index (χ2n) is 9.08. The third-order valence-corrected chi connectivity index (χ3v) is 8.92. The van der Waals surface area contributed by atoms with Gasteiger partial charge >= 0.3 is 0 Å². The van der Waals surface area contributed by atoms with Crippen LogP contribution in [0.3, 0.4) is 0 Å². The van der Waals surface area contributed by atoms with Gasteiger partial charge in [0.15, 0.2) is 0 Å². The molecule has 2 aromatic rings. The maximum absolute atomic E-state index is 13.1. The Morgan fingerprint density at radius 1 is 0.909 bits per heavy atom. The van der Waals surface area contributed by atoms with Gasteiger partial charge in [0.05, 0.1) is 11.5 Å². The summed E-state index contributed by atoms with van der Waals surface area (Å²) in [6, 6.07) is 15.8. The Hall–Kier alpha value is -2.09. The molecule has 6 nitrogen and oxygen atoms in total. The average Bonchev–Trinajstić information content (AvgIpc) is 2.85. The topological polar surface area (TPSA) is 66.9 Å². The molecule has 2 fully saturated rings. The number of hydrogen-bond donors (Lipinski definition) is 0. The van der Waals surface area contributed by atoms with E-state index in [1.54, 1.807) is 12.1 Å². The lowest BCUT2D eigenvalue weighted by molar-refractivity contribution is -0.136.